The molecule has 1 heterocycles. The van der Waals surface area contributed by atoms with Crippen LogP contribution in [0.5, 0.6) is 5.75 Å². The van der Waals surface area contributed by atoms with Crippen molar-refractivity contribution in [2.24, 2.45) is 0 Å². The minimum absolute atomic E-state index is 0.0533. The van der Waals surface area contributed by atoms with Crippen molar-refractivity contribution in [3.63, 3.8) is 0 Å². The van der Waals surface area contributed by atoms with Crippen LogP contribution in [-0.4, -0.2) is 29.7 Å². The minimum Gasteiger partial charge on any atom is -0.497 e. The van der Waals surface area contributed by atoms with Crippen LogP contribution < -0.4 is 15.4 Å². The van der Waals surface area contributed by atoms with Gasteiger partial charge in [0, 0.05) is 23.2 Å². The molecule has 0 saturated carbocycles. The van der Waals surface area contributed by atoms with Gasteiger partial charge >= 0.3 is 0 Å². The summed E-state index contributed by atoms with van der Waals surface area (Å²) in [5.41, 5.74) is 1.59. The minimum atomic E-state index is -0.0695. The van der Waals surface area contributed by atoms with E-state index in [2.05, 4.69) is 15.6 Å². The summed E-state index contributed by atoms with van der Waals surface area (Å²) < 4.78 is 5.07. The lowest BCUT2D eigenvalue weighted by molar-refractivity contribution is -0.116. The van der Waals surface area contributed by atoms with Gasteiger partial charge in [-0.15, -0.1) is 23.1 Å². The molecule has 0 fully saturated rings. The largest absolute Gasteiger partial charge is 0.497 e. The second-order valence-electron chi connectivity index (χ2n) is 4.82. The second-order valence-corrected chi connectivity index (χ2v) is 6.66. The Labute approximate surface area is 149 Å². The van der Waals surface area contributed by atoms with Crippen LogP contribution in [0.1, 0.15) is 19.0 Å². The van der Waals surface area contributed by atoms with E-state index in [0.29, 0.717) is 23.1 Å². The Hall–Kier alpha value is -2.06. The SMILES string of the molecule is CCC(=O)Nc1nc(CSCC(=O)Nc2ccc(OC)cc2)cs1. The monoisotopic (exact) mass is 365 g/mol. The summed E-state index contributed by atoms with van der Waals surface area (Å²) >= 11 is 2.86. The molecule has 0 unspecified atom stereocenters. The Bertz CT molecular complexity index is 686. The summed E-state index contributed by atoms with van der Waals surface area (Å²) in [5.74, 6) is 1.58. The number of carbonyl (C=O) groups is 2. The van der Waals surface area contributed by atoms with Crippen LogP contribution in [0.15, 0.2) is 29.6 Å². The fourth-order valence-corrected chi connectivity index (χ4v) is 3.31. The van der Waals surface area contributed by atoms with E-state index in [9.17, 15) is 9.59 Å². The van der Waals surface area contributed by atoms with Crippen LogP contribution in [0.3, 0.4) is 0 Å². The molecule has 2 aromatic rings. The highest BCUT2D eigenvalue weighted by molar-refractivity contribution is 7.99. The molecule has 0 aliphatic heterocycles. The molecule has 128 valence electrons. The number of ether oxygens (including phenoxy) is 1. The Morgan fingerprint density at radius 1 is 1.21 bits per heavy atom. The van der Waals surface area contributed by atoms with Gasteiger partial charge in [-0.2, -0.15) is 0 Å². The van der Waals surface area contributed by atoms with Crippen molar-refractivity contribution in [3.05, 3.63) is 35.3 Å². The molecule has 2 N–H and O–H groups in total. The summed E-state index contributed by atoms with van der Waals surface area (Å²) in [6.45, 7) is 1.79. The molecular weight excluding hydrogens is 346 g/mol. The number of anilines is 2. The summed E-state index contributed by atoms with van der Waals surface area (Å²) in [6, 6.07) is 7.18. The van der Waals surface area contributed by atoms with Crippen molar-refractivity contribution in [1.29, 1.82) is 0 Å². The zero-order valence-electron chi connectivity index (χ0n) is 13.5. The van der Waals surface area contributed by atoms with E-state index in [1.165, 1.54) is 23.1 Å². The van der Waals surface area contributed by atoms with Gasteiger partial charge in [0.05, 0.1) is 18.6 Å². The maximum atomic E-state index is 11.9. The van der Waals surface area contributed by atoms with E-state index >= 15 is 0 Å². The number of methoxy groups -OCH3 is 1. The van der Waals surface area contributed by atoms with Gasteiger partial charge < -0.3 is 15.4 Å². The summed E-state index contributed by atoms with van der Waals surface area (Å²) in [4.78, 5) is 27.5. The molecular formula is C16H19N3O3S2. The number of nitrogens with zero attached hydrogens (tertiary/aromatic N) is 1. The normalized spacial score (nSPS) is 10.2. The van der Waals surface area contributed by atoms with Gasteiger partial charge in [-0.1, -0.05) is 6.92 Å². The maximum Gasteiger partial charge on any atom is 0.234 e. The highest BCUT2D eigenvalue weighted by Gasteiger charge is 2.07. The number of carbonyl (C=O) groups excluding carboxylic acids is 2. The van der Waals surface area contributed by atoms with Crippen LogP contribution in [0, 0.1) is 0 Å². The smallest absolute Gasteiger partial charge is 0.234 e. The number of benzene rings is 1. The number of hydrogen-bond acceptors (Lipinski definition) is 6. The molecule has 1 aromatic heterocycles. The number of thiazole rings is 1. The molecule has 0 spiro atoms. The Morgan fingerprint density at radius 3 is 2.62 bits per heavy atom. The van der Waals surface area contributed by atoms with Crippen LogP contribution in [0.2, 0.25) is 0 Å². The van der Waals surface area contributed by atoms with E-state index in [-0.39, 0.29) is 11.8 Å². The second kappa shape index (κ2) is 9.29. The van der Waals surface area contributed by atoms with Gasteiger partial charge in [0.1, 0.15) is 5.75 Å². The van der Waals surface area contributed by atoms with E-state index in [1.807, 2.05) is 5.38 Å². The number of rotatable bonds is 8. The summed E-state index contributed by atoms with van der Waals surface area (Å²) in [5, 5.41) is 8.04. The molecule has 1 aromatic carbocycles. The molecule has 0 aliphatic carbocycles. The van der Waals surface area contributed by atoms with Crippen molar-refractivity contribution in [2.45, 2.75) is 19.1 Å². The highest BCUT2D eigenvalue weighted by atomic mass is 32.2. The van der Waals surface area contributed by atoms with Crippen LogP contribution in [-0.2, 0) is 15.3 Å². The molecule has 0 bridgehead atoms. The van der Waals surface area contributed by atoms with Gasteiger partial charge in [-0.25, -0.2) is 4.98 Å². The number of hydrogen-bond donors (Lipinski definition) is 2. The van der Waals surface area contributed by atoms with Gasteiger partial charge in [0.25, 0.3) is 0 Å². The third kappa shape index (κ3) is 5.86. The van der Waals surface area contributed by atoms with Crippen molar-refractivity contribution in [3.8, 4) is 5.75 Å². The molecule has 2 amide bonds. The lowest BCUT2D eigenvalue weighted by Gasteiger charge is -2.05. The molecule has 0 radical (unpaired) electrons. The third-order valence-corrected chi connectivity index (χ3v) is 4.75. The predicted molar refractivity (Wildman–Crippen MR) is 98.8 cm³/mol. The van der Waals surface area contributed by atoms with E-state index in [4.69, 9.17) is 4.74 Å². The maximum absolute atomic E-state index is 11.9. The fourth-order valence-electron chi connectivity index (χ4n) is 1.76. The number of thioether (sulfide) groups is 1. The first-order chi connectivity index (χ1) is 11.6. The Morgan fingerprint density at radius 2 is 1.96 bits per heavy atom. The van der Waals surface area contributed by atoms with Crippen LogP contribution in [0.4, 0.5) is 10.8 Å². The highest BCUT2D eigenvalue weighted by Crippen LogP contribution is 2.20. The van der Waals surface area contributed by atoms with Crippen molar-refractivity contribution in [1.82, 2.24) is 4.98 Å². The molecule has 2 rings (SSSR count). The Balaban J connectivity index is 1.73. The van der Waals surface area contributed by atoms with Crippen molar-refractivity contribution < 1.29 is 14.3 Å². The average molecular weight is 365 g/mol. The Kier molecular flexibility index (Phi) is 7.07. The van der Waals surface area contributed by atoms with Gasteiger partial charge in [0.2, 0.25) is 11.8 Å². The lowest BCUT2D eigenvalue weighted by atomic mass is 10.3. The average Bonchev–Trinajstić information content (AvgIpc) is 3.02. The quantitative estimate of drug-likeness (QED) is 0.750. The summed E-state index contributed by atoms with van der Waals surface area (Å²) in [7, 11) is 1.60. The van der Waals surface area contributed by atoms with E-state index < -0.39 is 0 Å². The van der Waals surface area contributed by atoms with Crippen LogP contribution in [0.25, 0.3) is 0 Å². The standard InChI is InChI=1S/C16H19N3O3S2/c1-3-14(20)19-16-18-12(9-24-16)8-23-10-15(21)17-11-4-6-13(22-2)7-5-11/h4-7,9H,3,8,10H2,1-2H3,(H,17,21)(H,18,19,20). The molecule has 0 atom stereocenters. The number of aromatic nitrogens is 1. The first-order valence-corrected chi connectivity index (χ1v) is 9.40. The molecule has 0 saturated heterocycles. The van der Waals surface area contributed by atoms with Gasteiger partial charge in [0.15, 0.2) is 5.13 Å². The molecule has 6 nitrogen and oxygen atoms in total. The lowest BCUT2D eigenvalue weighted by Crippen LogP contribution is -2.14. The number of nitrogens with one attached hydrogen (secondary N) is 2. The number of amides is 2. The first-order valence-electron chi connectivity index (χ1n) is 7.36. The first kappa shape index (κ1) is 18.3. The van der Waals surface area contributed by atoms with Crippen LogP contribution >= 0.6 is 23.1 Å². The van der Waals surface area contributed by atoms with Crippen molar-refractivity contribution >= 4 is 45.7 Å². The zero-order valence-corrected chi connectivity index (χ0v) is 15.1. The molecule has 0 aliphatic rings. The molecule has 24 heavy (non-hydrogen) atoms. The third-order valence-electron chi connectivity index (χ3n) is 2.98. The van der Waals surface area contributed by atoms with Gasteiger partial charge in [-0.05, 0) is 24.3 Å². The fraction of sp³-hybridized carbons (Fsp3) is 0.312. The zero-order chi connectivity index (χ0) is 17.4. The predicted octanol–water partition coefficient (Wildman–Crippen LogP) is 3.37. The molecule has 8 heteroatoms. The van der Waals surface area contributed by atoms with Crippen molar-refractivity contribution in [2.75, 3.05) is 23.5 Å². The summed E-state index contributed by atoms with van der Waals surface area (Å²) in [6.07, 6.45) is 0.426. The van der Waals surface area contributed by atoms with E-state index in [0.717, 1.165) is 17.1 Å². The van der Waals surface area contributed by atoms with Gasteiger partial charge in [-0.3, -0.25) is 9.59 Å². The topological polar surface area (TPSA) is 80.3 Å². The van der Waals surface area contributed by atoms with E-state index in [1.54, 1.807) is 38.3 Å².